The minimum Gasteiger partial charge on any atom is -0.493 e. The standard InChI is InChI=1S/C41H33NO5/c1-30(43)45-40-20-8-9-21-41(40)47-37-17-11-15-35(29-37)42(33-26-24-32(25-27-33)23-22-31-12-4-3-5-13-31)34-14-10-16-36(28-34)46-39-19-7-6-18-38(39)44-2/h3-29H,1-2H3. The Morgan fingerprint density at radius 3 is 1.55 bits per heavy atom. The summed E-state index contributed by atoms with van der Waals surface area (Å²) in [5.74, 6) is 2.87. The van der Waals surface area contributed by atoms with Crippen LogP contribution in [0.3, 0.4) is 0 Å². The lowest BCUT2D eigenvalue weighted by molar-refractivity contribution is -0.132. The Kier molecular flexibility index (Phi) is 9.60. The number of carbonyl (C=O) groups is 1. The molecule has 0 radical (unpaired) electrons. The minimum absolute atomic E-state index is 0.350. The molecule has 0 saturated heterocycles. The molecule has 0 spiro atoms. The summed E-state index contributed by atoms with van der Waals surface area (Å²) >= 11 is 0. The van der Waals surface area contributed by atoms with Gasteiger partial charge >= 0.3 is 5.97 Å². The fourth-order valence-corrected chi connectivity index (χ4v) is 5.04. The van der Waals surface area contributed by atoms with E-state index in [-0.39, 0.29) is 0 Å². The van der Waals surface area contributed by atoms with E-state index in [1.807, 2.05) is 97.1 Å². The summed E-state index contributed by atoms with van der Waals surface area (Å²) in [6.07, 6.45) is 4.19. The van der Waals surface area contributed by atoms with E-state index in [9.17, 15) is 4.79 Å². The summed E-state index contributed by atoms with van der Waals surface area (Å²) in [6, 6.07) is 48.9. The van der Waals surface area contributed by atoms with E-state index >= 15 is 0 Å². The molecule has 0 aliphatic rings. The lowest BCUT2D eigenvalue weighted by Crippen LogP contribution is -2.10. The van der Waals surface area contributed by atoms with E-state index in [0.29, 0.717) is 34.5 Å². The molecular formula is C41H33NO5. The quantitative estimate of drug-likeness (QED) is 0.0817. The molecule has 6 aromatic rings. The minimum atomic E-state index is -0.418. The smallest absolute Gasteiger partial charge is 0.308 e. The third kappa shape index (κ3) is 7.88. The number of nitrogens with zero attached hydrogens (tertiary/aromatic N) is 1. The Morgan fingerprint density at radius 2 is 1.00 bits per heavy atom. The topological polar surface area (TPSA) is 57.2 Å². The van der Waals surface area contributed by atoms with Gasteiger partial charge < -0.3 is 23.8 Å². The van der Waals surface area contributed by atoms with Crippen molar-refractivity contribution in [3.8, 4) is 34.5 Å². The molecule has 0 aliphatic carbocycles. The van der Waals surface area contributed by atoms with E-state index in [1.165, 1.54) is 6.92 Å². The normalized spacial score (nSPS) is 10.8. The van der Waals surface area contributed by atoms with Crippen LogP contribution in [0.25, 0.3) is 12.2 Å². The predicted octanol–water partition coefficient (Wildman–Crippen LogP) is 10.8. The highest BCUT2D eigenvalue weighted by atomic mass is 16.6. The Morgan fingerprint density at radius 1 is 0.511 bits per heavy atom. The average molecular weight is 620 g/mol. The van der Waals surface area contributed by atoms with Crippen LogP contribution >= 0.6 is 0 Å². The Hall–Kier alpha value is -6.27. The zero-order valence-electron chi connectivity index (χ0n) is 26.1. The predicted molar refractivity (Wildman–Crippen MR) is 187 cm³/mol. The van der Waals surface area contributed by atoms with E-state index in [2.05, 4.69) is 53.5 Å². The molecule has 0 amide bonds. The summed E-state index contributed by atoms with van der Waals surface area (Å²) in [6.45, 7) is 1.36. The summed E-state index contributed by atoms with van der Waals surface area (Å²) in [5.41, 5.74) is 4.88. The number of methoxy groups -OCH3 is 1. The van der Waals surface area contributed by atoms with Gasteiger partial charge in [-0.05, 0) is 71.8 Å². The van der Waals surface area contributed by atoms with Crippen LogP contribution in [0.15, 0.2) is 152 Å². The number of para-hydroxylation sites is 4. The van der Waals surface area contributed by atoms with Crippen molar-refractivity contribution in [3.63, 3.8) is 0 Å². The van der Waals surface area contributed by atoms with Crippen LogP contribution in [0.2, 0.25) is 0 Å². The molecule has 0 saturated carbocycles. The first kappa shape index (κ1) is 30.7. The molecule has 0 atom stereocenters. The second-order valence-corrected chi connectivity index (χ2v) is 10.6. The van der Waals surface area contributed by atoms with Gasteiger partial charge in [0.2, 0.25) is 0 Å². The van der Waals surface area contributed by atoms with Gasteiger partial charge in [0.15, 0.2) is 23.0 Å². The van der Waals surface area contributed by atoms with Gasteiger partial charge in [-0.3, -0.25) is 4.79 Å². The molecule has 6 nitrogen and oxygen atoms in total. The number of carbonyl (C=O) groups excluding carboxylic acids is 1. The van der Waals surface area contributed by atoms with Gasteiger partial charge in [-0.25, -0.2) is 0 Å². The number of anilines is 3. The van der Waals surface area contributed by atoms with Gasteiger partial charge in [0.25, 0.3) is 0 Å². The molecule has 0 aliphatic heterocycles. The Balaban J connectivity index is 1.36. The van der Waals surface area contributed by atoms with Crippen molar-refractivity contribution in [1.82, 2.24) is 0 Å². The van der Waals surface area contributed by atoms with E-state index < -0.39 is 5.97 Å². The number of esters is 1. The fraction of sp³-hybridized carbons (Fsp3) is 0.0488. The molecule has 0 N–H and O–H groups in total. The number of hydrogen-bond donors (Lipinski definition) is 0. The van der Waals surface area contributed by atoms with Crippen LogP contribution in [0.1, 0.15) is 18.1 Å². The maximum Gasteiger partial charge on any atom is 0.308 e. The zero-order valence-corrected chi connectivity index (χ0v) is 26.1. The molecule has 0 aromatic heterocycles. The molecule has 0 bridgehead atoms. The highest BCUT2D eigenvalue weighted by Crippen LogP contribution is 2.40. The largest absolute Gasteiger partial charge is 0.493 e. The van der Waals surface area contributed by atoms with Crippen LogP contribution in [0, 0.1) is 0 Å². The average Bonchev–Trinajstić information content (AvgIpc) is 3.10. The molecule has 47 heavy (non-hydrogen) atoms. The van der Waals surface area contributed by atoms with Crippen molar-refractivity contribution in [3.05, 3.63) is 163 Å². The molecule has 0 fully saturated rings. The van der Waals surface area contributed by atoms with Crippen molar-refractivity contribution in [2.45, 2.75) is 6.92 Å². The van der Waals surface area contributed by atoms with Gasteiger partial charge in [-0.2, -0.15) is 0 Å². The maximum absolute atomic E-state index is 11.7. The maximum atomic E-state index is 11.7. The molecule has 6 heteroatoms. The monoisotopic (exact) mass is 619 g/mol. The van der Waals surface area contributed by atoms with Crippen molar-refractivity contribution in [2.75, 3.05) is 12.0 Å². The molecule has 6 rings (SSSR count). The SMILES string of the molecule is COc1ccccc1Oc1cccc(N(c2ccc(C=Cc3ccccc3)cc2)c2cccc(Oc3ccccc3OC(C)=O)c2)c1. The zero-order chi connectivity index (χ0) is 32.4. The summed E-state index contributed by atoms with van der Waals surface area (Å²) in [4.78, 5) is 13.8. The fourth-order valence-electron chi connectivity index (χ4n) is 5.04. The lowest BCUT2D eigenvalue weighted by Gasteiger charge is -2.26. The van der Waals surface area contributed by atoms with Crippen molar-refractivity contribution >= 4 is 35.2 Å². The van der Waals surface area contributed by atoms with Gasteiger partial charge in [0.1, 0.15) is 11.5 Å². The first-order valence-corrected chi connectivity index (χ1v) is 15.2. The van der Waals surface area contributed by atoms with E-state index in [1.54, 1.807) is 25.3 Å². The molecule has 0 heterocycles. The number of ether oxygens (including phenoxy) is 4. The number of benzene rings is 6. The third-order valence-corrected chi connectivity index (χ3v) is 7.20. The van der Waals surface area contributed by atoms with Gasteiger partial charge in [0, 0.05) is 36.1 Å². The Bertz CT molecular complexity index is 1990. The van der Waals surface area contributed by atoms with Gasteiger partial charge in [0.05, 0.1) is 7.11 Å². The third-order valence-electron chi connectivity index (χ3n) is 7.20. The van der Waals surface area contributed by atoms with Crippen molar-refractivity contribution in [2.24, 2.45) is 0 Å². The van der Waals surface area contributed by atoms with E-state index in [0.717, 1.165) is 28.2 Å². The second-order valence-electron chi connectivity index (χ2n) is 10.6. The highest BCUT2D eigenvalue weighted by molar-refractivity contribution is 5.79. The van der Waals surface area contributed by atoms with Crippen LogP contribution in [0.4, 0.5) is 17.1 Å². The molecule has 232 valence electrons. The first-order valence-electron chi connectivity index (χ1n) is 15.2. The van der Waals surface area contributed by atoms with Gasteiger partial charge in [-0.1, -0.05) is 91.0 Å². The number of rotatable bonds is 11. The Labute approximate surface area is 274 Å². The lowest BCUT2D eigenvalue weighted by atomic mass is 10.1. The van der Waals surface area contributed by atoms with Crippen LogP contribution in [-0.2, 0) is 4.79 Å². The molecule has 6 aromatic carbocycles. The molecule has 0 unspecified atom stereocenters. The van der Waals surface area contributed by atoms with Crippen molar-refractivity contribution < 1.29 is 23.7 Å². The summed E-state index contributed by atoms with van der Waals surface area (Å²) < 4.78 is 23.4. The summed E-state index contributed by atoms with van der Waals surface area (Å²) in [5, 5.41) is 0. The number of hydrogen-bond acceptors (Lipinski definition) is 6. The highest BCUT2D eigenvalue weighted by Gasteiger charge is 2.16. The van der Waals surface area contributed by atoms with Crippen LogP contribution < -0.4 is 23.8 Å². The van der Waals surface area contributed by atoms with E-state index in [4.69, 9.17) is 18.9 Å². The summed E-state index contributed by atoms with van der Waals surface area (Å²) in [7, 11) is 1.62. The van der Waals surface area contributed by atoms with Crippen LogP contribution in [0.5, 0.6) is 34.5 Å². The second kappa shape index (κ2) is 14.7. The van der Waals surface area contributed by atoms with Crippen LogP contribution in [-0.4, -0.2) is 13.1 Å². The van der Waals surface area contributed by atoms with Crippen molar-refractivity contribution in [1.29, 1.82) is 0 Å². The first-order chi connectivity index (χ1) is 23.1. The molecular weight excluding hydrogens is 586 g/mol. The van der Waals surface area contributed by atoms with Gasteiger partial charge in [-0.15, -0.1) is 0 Å².